The molecule has 0 bridgehead atoms. The van der Waals surface area contributed by atoms with E-state index in [1.807, 2.05) is 0 Å². The van der Waals surface area contributed by atoms with Gasteiger partial charge in [0.2, 0.25) is 0 Å². The smallest absolute Gasteiger partial charge is 0.319 e. The highest BCUT2D eigenvalue weighted by Gasteiger charge is 2.27. The molecule has 1 aliphatic heterocycles. The van der Waals surface area contributed by atoms with Crippen molar-refractivity contribution in [3.8, 4) is 0 Å². The van der Waals surface area contributed by atoms with Crippen LogP contribution in [0.2, 0.25) is 5.02 Å². The SMILES string of the molecule is O=C(NCCCC1CCS(=O)(=O)C1)Nc1cccc(Cl)c1. The Morgan fingerprint density at radius 3 is 2.86 bits per heavy atom. The van der Waals surface area contributed by atoms with Gasteiger partial charge in [0.1, 0.15) is 0 Å². The first-order valence-electron chi connectivity index (χ1n) is 6.95. The van der Waals surface area contributed by atoms with Crippen LogP contribution >= 0.6 is 11.6 Å². The molecule has 0 aliphatic carbocycles. The molecule has 0 spiro atoms. The first kappa shape index (κ1) is 16.1. The molecule has 1 aromatic rings. The number of carbonyl (C=O) groups excluding carboxylic acids is 1. The van der Waals surface area contributed by atoms with E-state index in [9.17, 15) is 13.2 Å². The first-order valence-corrected chi connectivity index (χ1v) is 9.15. The molecule has 0 saturated carbocycles. The molecule has 5 nitrogen and oxygen atoms in total. The highest BCUT2D eigenvalue weighted by Crippen LogP contribution is 2.22. The highest BCUT2D eigenvalue weighted by atomic mass is 35.5. The Hall–Kier alpha value is -1.27. The van der Waals surface area contributed by atoms with Gasteiger partial charge in [0.05, 0.1) is 11.5 Å². The molecule has 1 heterocycles. The van der Waals surface area contributed by atoms with Gasteiger partial charge in [-0.3, -0.25) is 0 Å². The summed E-state index contributed by atoms with van der Waals surface area (Å²) in [5.41, 5.74) is 0.641. The lowest BCUT2D eigenvalue weighted by atomic mass is 10.0. The Kier molecular flexibility index (Phi) is 5.47. The molecular formula is C14H19ClN2O3S. The number of nitrogens with one attached hydrogen (secondary N) is 2. The average molecular weight is 331 g/mol. The quantitative estimate of drug-likeness (QED) is 0.815. The summed E-state index contributed by atoms with van der Waals surface area (Å²) < 4.78 is 22.6. The second kappa shape index (κ2) is 7.13. The van der Waals surface area contributed by atoms with Crippen LogP contribution in [0.15, 0.2) is 24.3 Å². The van der Waals surface area contributed by atoms with Crippen LogP contribution in [0.3, 0.4) is 0 Å². The van der Waals surface area contributed by atoms with Crippen LogP contribution in [-0.2, 0) is 9.84 Å². The number of amides is 2. The van der Waals surface area contributed by atoms with E-state index in [1.165, 1.54) is 0 Å². The molecule has 0 radical (unpaired) electrons. The summed E-state index contributed by atoms with van der Waals surface area (Å²) in [4.78, 5) is 11.7. The van der Waals surface area contributed by atoms with E-state index in [2.05, 4.69) is 10.6 Å². The van der Waals surface area contributed by atoms with Gasteiger partial charge in [-0.1, -0.05) is 17.7 Å². The van der Waals surface area contributed by atoms with Crippen LogP contribution in [0.1, 0.15) is 19.3 Å². The van der Waals surface area contributed by atoms with Gasteiger partial charge in [0, 0.05) is 17.3 Å². The minimum absolute atomic E-state index is 0.243. The Balaban J connectivity index is 1.64. The molecule has 7 heteroatoms. The van der Waals surface area contributed by atoms with Crippen molar-refractivity contribution in [2.75, 3.05) is 23.4 Å². The van der Waals surface area contributed by atoms with Crippen LogP contribution in [0.4, 0.5) is 10.5 Å². The van der Waals surface area contributed by atoms with Gasteiger partial charge in [-0.2, -0.15) is 0 Å². The lowest BCUT2D eigenvalue weighted by molar-refractivity contribution is 0.251. The fourth-order valence-electron chi connectivity index (χ4n) is 2.43. The predicted molar refractivity (Wildman–Crippen MR) is 84.5 cm³/mol. The monoisotopic (exact) mass is 330 g/mol. The van der Waals surface area contributed by atoms with Crippen molar-refractivity contribution in [1.82, 2.24) is 5.32 Å². The van der Waals surface area contributed by atoms with E-state index in [0.717, 1.165) is 19.3 Å². The van der Waals surface area contributed by atoms with Crippen molar-refractivity contribution in [3.05, 3.63) is 29.3 Å². The molecule has 0 aromatic heterocycles. The summed E-state index contributed by atoms with van der Waals surface area (Å²) in [6.45, 7) is 0.531. The van der Waals surface area contributed by atoms with E-state index >= 15 is 0 Å². The summed E-state index contributed by atoms with van der Waals surface area (Å²) in [7, 11) is -2.81. The number of benzene rings is 1. The minimum Gasteiger partial charge on any atom is -0.338 e. The molecule has 116 valence electrons. The van der Waals surface area contributed by atoms with Crippen LogP contribution in [0.25, 0.3) is 0 Å². The van der Waals surface area contributed by atoms with E-state index < -0.39 is 9.84 Å². The molecule has 2 rings (SSSR count). The van der Waals surface area contributed by atoms with Crippen molar-refractivity contribution in [2.45, 2.75) is 19.3 Å². The van der Waals surface area contributed by atoms with E-state index in [0.29, 0.717) is 28.8 Å². The van der Waals surface area contributed by atoms with Crippen molar-refractivity contribution in [2.24, 2.45) is 5.92 Å². The van der Waals surface area contributed by atoms with Crippen LogP contribution in [0.5, 0.6) is 0 Å². The number of rotatable bonds is 5. The third-order valence-electron chi connectivity index (χ3n) is 3.48. The first-order chi connectivity index (χ1) is 9.94. The normalized spacial score (nSPS) is 20.1. The third-order valence-corrected chi connectivity index (χ3v) is 5.56. The number of anilines is 1. The summed E-state index contributed by atoms with van der Waals surface area (Å²) in [5.74, 6) is 0.843. The van der Waals surface area contributed by atoms with Gasteiger partial charge in [-0.05, 0) is 43.4 Å². The third kappa shape index (κ3) is 5.55. The highest BCUT2D eigenvalue weighted by molar-refractivity contribution is 7.91. The Labute approximate surface area is 130 Å². The fourth-order valence-corrected chi connectivity index (χ4v) is 4.53. The van der Waals surface area contributed by atoms with Crippen molar-refractivity contribution >= 4 is 33.2 Å². The zero-order chi connectivity index (χ0) is 15.3. The van der Waals surface area contributed by atoms with E-state index in [4.69, 9.17) is 11.6 Å². The molecule has 2 N–H and O–H groups in total. The standard InChI is InChI=1S/C14H19ClN2O3S/c15-12-4-1-5-13(9-12)17-14(18)16-7-2-3-11-6-8-21(19,20)10-11/h1,4-5,9,11H,2-3,6-8,10H2,(H2,16,17,18). The Morgan fingerprint density at radius 2 is 2.19 bits per heavy atom. The van der Waals surface area contributed by atoms with Gasteiger partial charge < -0.3 is 10.6 Å². The zero-order valence-corrected chi connectivity index (χ0v) is 13.2. The maximum absolute atomic E-state index is 11.7. The molecule has 1 saturated heterocycles. The fraction of sp³-hybridized carbons (Fsp3) is 0.500. The molecule has 1 aliphatic rings. The van der Waals surface area contributed by atoms with Crippen molar-refractivity contribution < 1.29 is 13.2 Å². The van der Waals surface area contributed by atoms with Crippen LogP contribution < -0.4 is 10.6 Å². The van der Waals surface area contributed by atoms with Crippen LogP contribution in [-0.4, -0.2) is 32.5 Å². The molecule has 1 unspecified atom stereocenters. The number of carbonyl (C=O) groups is 1. The lowest BCUT2D eigenvalue weighted by Crippen LogP contribution is -2.29. The number of hydrogen-bond acceptors (Lipinski definition) is 3. The second-order valence-electron chi connectivity index (χ2n) is 5.30. The number of sulfone groups is 1. The Bertz CT molecular complexity index is 604. The molecule has 1 fully saturated rings. The van der Waals surface area contributed by atoms with Gasteiger partial charge in [0.25, 0.3) is 0 Å². The van der Waals surface area contributed by atoms with Crippen molar-refractivity contribution in [3.63, 3.8) is 0 Å². The van der Waals surface area contributed by atoms with Gasteiger partial charge in [0.15, 0.2) is 9.84 Å². The topological polar surface area (TPSA) is 75.3 Å². The maximum atomic E-state index is 11.7. The maximum Gasteiger partial charge on any atom is 0.319 e. The summed E-state index contributed by atoms with van der Waals surface area (Å²) >= 11 is 5.83. The van der Waals surface area contributed by atoms with E-state index in [1.54, 1.807) is 24.3 Å². The van der Waals surface area contributed by atoms with Gasteiger partial charge in [-0.15, -0.1) is 0 Å². The molecular weight excluding hydrogens is 312 g/mol. The summed E-state index contributed by atoms with van der Waals surface area (Å²) in [6, 6.07) is 6.65. The second-order valence-corrected chi connectivity index (χ2v) is 7.97. The number of halogens is 1. The largest absolute Gasteiger partial charge is 0.338 e. The molecule has 21 heavy (non-hydrogen) atoms. The average Bonchev–Trinajstić information content (AvgIpc) is 2.74. The van der Waals surface area contributed by atoms with Gasteiger partial charge >= 0.3 is 6.03 Å². The molecule has 1 aromatic carbocycles. The number of hydrogen-bond donors (Lipinski definition) is 2. The summed E-state index contributed by atoms with van der Waals surface area (Å²) in [5, 5.41) is 6.01. The molecule has 1 atom stereocenters. The summed E-state index contributed by atoms with van der Waals surface area (Å²) in [6.07, 6.45) is 2.36. The number of urea groups is 1. The Morgan fingerprint density at radius 1 is 1.38 bits per heavy atom. The lowest BCUT2D eigenvalue weighted by Gasteiger charge is -2.09. The zero-order valence-electron chi connectivity index (χ0n) is 11.6. The van der Waals surface area contributed by atoms with Crippen LogP contribution in [0, 0.1) is 5.92 Å². The van der Waals surface area contributed by atoms with Crippen molar-refractivity contribution in [1.29, 1.82) is 0 Å². The minimum atomic E-state index is -2.81. The molecule has 2 amide bonds. The van der Waals surface area contributed by atoms with E-state index in [-0.39, 0.29) is 11.9 Å². The van der Waals surface area contributed by atoms with Gasteiger partial charge in [-0.25, -0.2) is 13.2 Å². The predicted octanol–water partition coefficient (Wildman–Crippen LogP) is 2.68.